The Balaban J connectivity index is 1.81. The summed E-state index contributed by atoms with van der Waals surface area (Å²) in [4.78, 5) is 29.0. The van der Waals surface area contributed by atoms with Crippen molar-refractivity contribution in [2.24, 2.45) is 0 Å². The van der Waals surface area contributed by atoms with Gasteiger partial charge in [0, 0.05) is 5.92 Å². The van der Waals surface area contributed by atoms with E-state index in [-0.39, 0.29) is 23.9 Å². The van der Waals surface area contributed by atoms with Crippen LogP contribution in [-0.4, -0.2) is 25.1 Å². The Bertz CT molecular complexity index is 1170. The number of rotatable bonds is 4. The molecule has 10 heteroatoms. The third-order valence-electron chi connectivity index (χ3n) is 3.87. The normalized spacial score (nSPS) is 11.7. The molecule has 4 rings (SSSR count). The average molecular weight is 408 g/mol. The van der Waals surface area contributed by atoms with Gasteiger partial charge in [-0.3, -0.25) is 19.0 Å². The summed E-state index contributed by atoms with van der Waals surface area (Å²) in [5.41, 5.74) is 2.67. The Morgan fingerprint density at radius 2 is 2.15 bits per heavy atom. The van der Waals surface area contributed by atoms with Gasteiger partial charge in [-0.1, -0.05) is 25.4 Å². The first kappa shape index (κ1) is 17.2. The molecule has 0 fully saturated rings. The van der Waals surface area contributed by atoms with Gasteiger partial charge < -0.3 is 5.32 Å². The minimum Gasteiger partial charge on any atom is -0.315 e. The van der Waals surface area contributed by atoms with E-state index >= 15 is 0 Å². The number of anilines is 1. The Morgan fingerprint density at radius 3 is 2.85 bits per heavy atom. The summed E-state index contributed by atoms with van der Waals surface area (Å²) < 4.78 is 4.63. The van der Waals surface area contributed by atoms with Crippen LogP contribution in [0, 0.1) is 0 Å². The molecule has 0 aliphatic carbocycles. The highest BCUT2D eigenvalue weighted by Gasteiger charge is 2.19. The maximum atomic E-state index is 12.9. The van der Waals surface area contributed by atoms with Crippen LogP contribution >= 0.6 is 34.3 Å². The minimum atomic E-state index is -0.320. The van der Waals surface area contributed by atoms with Crippen LogP contribution in [0.4, 0.5) is 5.00 Å². The van der Waals surface area contributed by atoms with Gasteiger partial charge in [0.1, 0.15) is 22.9 Å². The number of thiazole rings is 1. The second-order valence-corrected chi connectivity index (χ2v) is 8.66. The van der Waals surface area contributed by atoms with Crippen molar-refractivity contribution in [2.75, 3.05) is 5.32 Å². The van der Waals surface area contributed by atoms with Crippen molar-refractivity contribution in [2.45, 2.75) is 26.3 Å². The van der Waals surface area contributed by atoms with E-state index in [4.69, 9.17) is 11.6 Å². The third kappa shape index (κ3) is 2.91. The van der Waals surface area contributed by atoms with Crippen molar-refractivity contribution in [1.82, 2.24) is 19.2 Å². The van der Waals surface area contributed by atoms with Crippen molar-refractivity contribution in [1.29, 1.82) is 0 Å². The summed E-state index contributed by atoms with van der Waals surface area (Å²) in [7, 11) is 0. The fraction of sp³-hybridized carbons (Fsp3) is 0.250. The molecule has 1 amide bonds. The van der Waals surface area contributed by atoms with Crippen LogP contribution in [0.2, 0.25) is 4.34 Å². The third-order valence-corrected chi connectivity index (χ3v) is 5.76. The van der Waals surface area contributed by atoms with Crippen LogP contribution in [0.15, 0.2) is 28.6 Å². The maximum Gasteiger partial charge on any atom is 0.291 e. The molecule has 0 aliphatic heterocycles. The lowest BCUT2D eigenvalue weighted by Crippen LogP contribution is -2.32. The monoisotopic (exact) mass is 407 g/mol. The van der Waals surface area contributed by atoms with Gasteiger partial charge in [-0.2, -0.15) is 5.10 Å². The van der Waals surface area contributed by atoms with Crippen LogP contribution in [0.3, 0.4) is 0 Å². The first-order valence-corrected chi connectivity index (χ1v) is 9.91. The van der Waals surface area contributed by atoms with Crippen LogP contribution in [0.5, 0.6) is 0 Å². The van der Waals surface area contributed by atoms with Crippen LogP contribution in [0.25, 0.3) is 15.7 Å². The summed E-state index contributed by atoms with van der Waals surface area (Å²) >= 11 is 8.84. The SMILES string of the molecule is CC(C)c1nn(CC(=O)Nc2cncs2)c(=O)c2cc3sc(Cl)cc3n12. The van der Waals surface area contributed by atoms with Gasteiger partial charge >= 0.3 is 0 Å². The molecule has 0 spiro atoms. The van der Waals surface area contributed by atoms with Gasteiger partial charge in [-0.25, -0.2) is 4.68 Å². The van der Waals surface area contributed by atoms with Gasteiger partial charge in [0.05, 0.1) is 26.3 Å². The van der Waals surface area contributed by atoms with E-state index in [1.807, 2.05) is 24.3 Å². The fourth-order valence-corrected chi connectivity index (χ4v) is 4.47. The van der Waals surface area contributed by atoms with Crippen LogP contribution < -0.4 is 10.9 Å². The molecule has 4 aromatic rings. The number of hydrogen-bond donors (Lipinski definition) is 1. The lowest BCUT2D eigenvalue weighted by Gasteiger charge is -2.13. The molecule has 0 saturated heterocycles. The van der Waals surface area contributed by atoms with E-state index in [1.54, 1.807) is 17.8 Å². The predicted molar refractivity (Wildman–Crippen MR) is 105 cm³/mol. The second-order valence-electron chi connectivity index (χ2n) is 6.05. The molecule has 0 bridgehead atoms. The molecule has 4 heterocycles. The molecule has 0 saturated carbocycles. The quantitative estimate of drug-likeness (QED) is 0.560. The molecule has 0 unspecified atom stereocenters. The average Bonchev–Trinajstić information content (AvgIpc) is 3.26. The number of nitrogens with zero attached hydrogens (tertiary/aromatic N) is 4. The van der Waals surface area contributed by atoms with Gasteiger partial charge in [-0.15, -0.1) is 22.7 Å². The molecule has 7 nitrogen and oxygen atoms in total. The number of amides is 1. The van der Waals surface area contributed by atoms with Crippen molar-refractivity contribution >= 4 is 60.9 Å². The summed E-state index contributed by atoms with van der Waals surface area (Å²) in [6.07, 6.45) is 1.56. The van der Waals surface area contributed by atoms with Crippen molar-refractivity contribution in [3.8, 4) is 0 Å². The van der Waals surface area contributed by atoms with E-state index < -0.39 is 0 Å². The lowest BCUT2D eigenvalue weighted by molar-refractivity contribution is -0.117. The number of aromatic nitrogens is 4. The number of nitrogens with one attached hydrogen (secondary N) is 1. The van der Waals surface area contributed by atoms with Gasteiger partial charge in [0.2, 0.25) is 5.91 Å². The van der Waals surface area contributed by atoms with Gasteiger partial charge in [0.15, 0.2) is 0 Å². The Labute approximate surface area is 160 Å². The summed E-state index contributed by atoms with van der Waals surface area (Å²) in [6.45, 7) is 3.83. The molecule has 0 atom stereocenters. The molecular weight excluding hydrogens is 394 g/mol. The van der Waals surface area contributed by atoms with Gasteiger partial charge in [-0.05, 0) is 12.1 Å². The molecule has 0 radical (unpaired) electrons. The Hall–Kier alpha value is -2.23. The zero-order valence-corrected chi connectivity index (χ0v) is 16.3. The lowest BCUT2D eigenvalue weighted by atomic mass is 10.2. The predicted octanol–water partition coefficient (Wildman–Crippen LogP) is 3.58. The number of carbonyl (C=O) groups is 1. The summed E-state index contributed by atoms with van der Waals surface area (Å²) in [6, 6.07) is 3.64. The Kier molecular flexibility index (Phi) is 4.29. The fourth-order valence-electron chi connectivity index (χ4n) is 2.78. The number of hydrogen-bond acceptors (Lipinski definition) is 6. The first-order valence-electron chi connectivity index (χ1n) is 7.84. The topological polar surface area (TPSA) is 81.3 Å². The minimum absolute atomic E-state index is 0.0585. The van der Waals surface area contributed by atoms with E-state index in [0.717, 1.165) is 10.2 Å². The molecule has 134 valence electrons. The second kappa shape index (κ2) is 6.49. The number of carbonyl (C=O) groups excluding carboxylic acids is 1. The highest BCUT2D eigenvalue weighted by Crippen LogP contribution is 2.32. The molecule has 0 aliphatic rings. The summed E-state index contributed by atoms with van der Waals surface area (Å²) in [5, 5.41) is 7.81. The van der Waals surface area contributed by atoms with E-state index in [1.165, 1.54) is 27.4 Å². The molecular formula is C16H14ClN5O2S2. The molecule has 1 N–H and O–H groups in total. The Morgan fingerprint density at radius 1 is 1.35 bits per heavy atom. The number of fused-ring (bicyclic) bond motifs is 3. The molecule has 0 aromatic carbocycles. The van der Waals surface area contributed by atoms with E-state index in [9.17, 15) is 9.59 Å². The number of halogens is 1. The smallest absolute Gasteiger partial charge is 0.291 e. The van der Waals surface area contributed by atoms with Crippen LogP contribution in [-0.2, 0) is 11.3 Å². The van der Waals surface area contributed by atoms with E-state index in [0.29, 0.717) is 20.7 Å². The highest BCUT2D eigenvalue weighted by molar-refractivity contribution is 7.22. The number of thiophene rings is 1. The van der Waals surface area contributed by atoms with Crippen molar-refractivity contribution in [3.05, 3.63) is 44.4 Å². The van der Waals surface area contributed by atoms with E-state index in [2.05, 4.69) is 15.4 Å². The standard InChI is InChI=1S/C16H14ClN5O2S2/c1-8(2)15-20-21(6-13(23)19-14-5-18-7-25-14)16(24)10-3-11-9(22(10)15)4-12(17)26-11/h3-5,7-8H,6H2,1-2H3,(H,19,23). The van der Waals surface area contributed by atoms with Crippen molar-refractivity contribution in [3.63, 3.8) is 0 Å². The summed E-state index contributed by atoms with van der Waals surface area (Å²) in [5.74, 6) is 0.442. The largest absolute Gasteiger partial charge is 0.315 e. The molecule has 26 heavy (non-hydrogen) atoms. The van der Waals surface area contributed by atoms with Crippen LogP contribution in [0.1, 0.15) is 25.6 Å². The highest BCUT2D eigenvalue weighted by atomic mass is 35.5. The first-order chi connectivity index (χ1) is 12.4. The van der Waals surface area contributed by atoms with Crippen molar-refractivity contribution < 1.29 is 4.79 Å². The zero-order chi connectivity index (χ0) is 18.4. The molecule has 4 aromatic heterocycles. The maximum absolute atomic E-state index is 12.9. The van der Waals surface area contributed by atoms with Gasteiger partial charge in [0.25, 0.3) is 5.56 Å². The zero-order valence-electron chi connectivity index (χ0n) is 13.9.